The molecule has 3 rings (SSSR count). The van der Waals surface area contributed by atoms with Crippen LogP contribution in [0.5, 0.6) is 0 Å². The van der Waals surface area contributed by atoms with Gasteiger partial charge in [0.15, 0.2) is 0 Å². The maximum atomic E-state index is 13.1. The lowest BCUT2D eigenvalue weighted by Gasteiger charge is -2.43. The van der Waals surface area contributed by atoms with Gasteiger partial charge in [-0.3, -0.25) is 9.69 Å². The SMILES string of the molecule is CC(C)(C(=O)N1CCC(S(C)(=O)=NS(=O)(=O)c2ccco2)CC1)N1CCOCC1. The maximum absolute atomic E-state index is 13.1. The number of piperidine rings is 1. The second-order valence-corrected chi connectivity index (χ2v) is 12.3. The van der Waals surface area contributed by atoms with Crippen LogP contribution in [-0.4, -0.2) is 84.8 Å². The summed E-state index contributed by atoms with van der Waals surface area (Å²) in [5.74, 6) is 0.0283. The number of furan rings is 1. The highest BCUT2D eigenvalue weighted by atomic mass is 32.3. The van der Waals surface area contributed by atoms with Crippen molar-refractivity contribution in [3.05, 3.63) is 18.4 Å². The van der Waals surface area contributed by atoms with Gasteiger partial charge in [0, 0.05) is 37.7 Å². The molecule has 1 unspecified atom stereocenters. The first-order chi connectivity index (χ1) is 13.5. The van der Waals surface area contributed by atoms with E-state index in [1.165, 1.54) is 24.7 Å². The van der Waals surface area contributed by atoms with Crippen LogP contribution in [0.1, 0.15) is 26.7 Å². The lowest BCUT2D eigenvalue weighted by atomic mass is 9.98. The van der Waals surface area contributed by atoms with Gasteiger partial charge in [-0.05, 0) is 38.8 Å². The summed E-state index contributed by atoms with van der Waals surface area (Å²) in [5.41, 5.74) is -0.642. The predicted molar refractivity (Wildman–Crippen MR) is 108 cm³/mol. The molecule has 2 fully saturated rings. The average molecular weight is 448 g/mol. The fourth-order valence-electron chi connectivity index (χ4n) is 3.84. The zero-order valence-electron chi connectivity index (χ0n) is 17.1. The second kappa shape index (κ2) is 8.37. The molecule has 11 heteroatoms. The number of carbonyl (C=O) groups excluding carboxylic acids is 1. The standard InChI is InChI=1S/C18H29N3O6S2/c1-18(2,21-10-13-26-14-11-21)17(22)20-8-6-15(7-9-20)28(3,23)19-29(24,25)16-5-4-12-27-16/h4-5,12,15H,6-11,13-14H2,1-3H3. The van der Waals surface area contributed by atoms with Gasteiger partial charge in [-0.1, -0.05) is 0 Å². The molecule has 1 amide bonds. The summed E-state index contributed by atoms with van der Waals surface area (Å²) in [6, 6.07) is 2.73. The van der Waals surface area contributed by atoms with Crippen molar-refractivity contribution in [2.45, 2.75) is 42.6 Å². The number of hydrogen-bond acceptors (Lipinski definition) is 7. The number of likely N-dealkylation sites (tertiary alicyclic amines) is 1. The van der Waals surface area contributed by atoms with E-state index in [0.717, 1.165) is 0 Å². The van der Waals surface area contributed by atoms with Gasteiger partial charge in [0.2, 0.25) is 11.0 Å². The van der Waals surface area contributed by atoms with Crippen LogP contribution in [-0.2, 0) is 29.3 Å². The van der Waals surface area contributed by atoms with E-state index in [-0.39, 0.29) is 11.0 Å². The van der Waals surface area contributed by atoms with E-state index in [1.54, 1.807) is 4.90 Å². The zero-order valence-corrected chi connectivity index (χ0v) is 18.7. The first kappa shape index (κ1) is 22.3. The van der Waals surface area contributed by atoms with Crippen molar-refractivity contribution >= 4 is 25.7 Å². The molecule has 0 spiro atoms. The molecule has 2 aliphatic heterocycles. The van der Waals surface area contributed by atoms with Crippen LogP contribution in [0.3, 0.4) is 0 Å². The molecular formula is C18H29N3O6S2. The Morgan fingerprint density at radius 2 is 1.76 bits per heavy atom. The molecular weight excluding hydrogens is 418 g/mol. The van der Waals surface area contributed by atoms with Gasteiger partial charge < -0.3 is 14.1 Å². The minimum absolute atomic E-state index is 0.0283. The van der Waals surface area contributed by atoms with Gasteiger partial charge in [-0.25, -0.2) is 4.21 Å². The van der Waals surface area contributed by atoms with E-state index in [2.05, 4.69) is 8.67 Å². The van der Waals surface area contributed by atoms with Gasteiger partial charge in [0.25, 0.3) is 0 Å². The molecule has 0 bridgehead atoms. The summed E-state index contributed by atoms with van der Waals surface area (Å²) < 4.78 is 51.6. The van der Waals surface area contributed by atoms with Crippen molar-refractivity contribution in [1.82, 2.24) is 9.80 Å². The minimum Gasteiger partial charge on any atom is -0.451 e. The molecule has 0 aliphatic carbocycles. The molecule has 0 aromatic carbocycles. The molecule has 0 saturated carbocycles. The smallest absolute Gasteiger partial charge is 0.323 e. The Kier molecular flexibility index (Phi) is 6.42. The van der Waals surface area contributed by atoms with Crippen molar-refractivity contribution in [3.63, 3.8) is 0 Å². The number of hydrogen-bond donors (Lipinski definition) is 0. The van der Waals surface area contributed by atoms with Crippen LogP contribution in [0, 0.1) is 0 Å². The molecule has 1 aromatic rings. The molecule has 0 radical (unpaired) electrons. The highest BCUT2D eigenvalue weighted by Crippen LogP contribution is 2.26. The molecule has 1 aromatic heterocycles. The van der Waals surface area contributed by atoms with Crippen LogP contribution in [0.4, 0.5) is 0 Å². The Morgan fingerprint density at radius 1 is 1.14 bits per heavy atom. The number of rotatable bonds is 5. The third-order valence-corrected chi connectivity index (χ3v) is 10.1. The fraction of sp³-hybridized carbons (Fsp3) is 0.722. The van der Waals surface area contributed by atoms with Crippen molar-refractivity contribution in [3.8, 4) is 0 Å². The topological polar surface area (TPSA) is 109 Å². The third kappa shape index (κ3) is 4.84. The van der Waals surface area contributed by atoms with E-state index in [1.807, 2.05) is 13.8 Å². The summed E-state index contributed by atoms with van der Waals surface area (Å²) >= 11 is 0. The van der Waals surface area contributed by atoms with Crippen LogP contribution < -0.4 is 0 Å². The number of sulfonamides is 1. The average Bonchev–Trinajstić information content (AvgIpc) is 3.23. The summed E-state index contributed by atoms with van der Waals surface area (Å²) in [6.07, 6.45) is 3.49. The Hall–Kier alpha value is -1.43. The summed E-state index contributed by atoms with van der Waals surface area (Å²) in [4.78, 5) is 17.0. The Labute approximate surface area is 172 Å². The first-order valence-electron chi connectivity index (χ1n) is 9.67. The number of morpholine rings is 1. The van der Waals surface area contributed by atoms with E-state index in [9.17, 15) is 17.4 Å². The van der Waals surface area contributed by atoms with Crippen molar-refractivity contribution in [2.75, 3.05) is 45.6 Å². The van der Waals surface area contributed by atoms with Gasteiger partial charge >= 0.3 is 10.0 Å². The Balaban J connectivity index is 1.67. The lowest BCUT2D eigenvalue weighted by molar-refractivity contribution is -0.146. The highest BCUT2D eigenvalue weighted by Gasteiger charge is 2.40. The van der Waals surface area contributed by atoms with E-state index in [4.69, 9.17) is 9.15 Å². The minimum atomic E-state index is -4.11. The molecule has 29 heavy (non-hydrogen) atoms. The number of ether oxygens (including phenoxy) is 1. The second-order valence-electron chi connectivity index (χ2n) is 7.99. The third-order valence-electron chi connectivity index (χ3n) is 5.67. The Bertz CT molecular complexity index is 934. The predicted octanol–water partition coefficient (Wildman–Crippen LogP) is 1.17. The van der Waals surface area contributed by atoms with Gasteiger partial charge in [-0.15, -0.1) is 3.77 Å². The maximum Gasteiger partial charge on any atom is 0.323 e. The van der Waals surface area contributed by atoms with E-state index < -0.39 is 30.5 Å². The number of carbonyl (C=O) groups is 1. The Morgan fingerprint density at radius 3 is 2.31 bits per heavy atom. The monoisotopic (exact) mass is 447 g/mol. The zero-order chi connectivity index (χ0) is 21.3. The van der Waals surface area contributed by atoms with E-state index in [0.29, 0.717) is 52.2 Å². The highest BCUT2D eigenvalue weighted by molar-refractivity contribution is 8.03. The van der Waals surface area contributed by atoms with Crippen LogP contribution >= 0.6 is 0 Å². The first-order valence-corrected chi connectivity index (χ1v) is 13.1. The van der Waals surface area contributed by atoms with Gasteiger partial charge in [0.1, 0.15) is 0 Å². The van der Waals surface area contributed by atoms with Crippen LogP contribution in [0.25, 0.3) is 0 Å². The normalized spacial score (nSPS) is 22.2. The molecule has 9 nitrogen and oxygen atoms in total. The van der Waals surface area contributed by atoms with Gasteiger partial charge in [0.05, 0.1) is 34.7 Å². The van der Waals surface area contributed by atoms with Crippen molar-refractivity contribution < 1.29 is 26.6 Å². The van der Waals surface area contributed by atoms with Crippen LogP contribution in [0.15, 0.2) is 31.7 Å². The molecule has 2 aliphatic rings. The number of amides is 1. The van der Waals surface area contributed by atoms with Gasteiger partial charge in [-0.2, -0.15) is 8.42 Å². The molecule has 0 N–H and O–H groups in total. The largest absolute Gasteiger partial charge is 0.451 e. The quantitative estimate of drug-likeness (QED) is 0.666. The molecule has 164 valence electrons. The lowest BCUT2D eigenvalue weighted by Crippen LogP contribution is -2.60. The summed E-state index contributed by atoms with van der Waals surface area (Å²) in [5, 5.41) is -0.713. The summed E-state index contributed by atoms with van der Waals surface area (Å²) in [6.45, 7) is 7.34. The molecule has 3 heterocycles. The molecule has 2 saturated heterocycles. The van der Waals surface area contributed by atoms with Crippen molar-refractivity contribution in [2.24, 2.45) is 3.77 Å². The fourth-order valence-corrected chi connectivity index (χ4v) is 7.70. The van der Waals surface area contributed by atoms with E-state index >= 15 is 0 Å². The summed E-state index contributed by atoms with van der Waals surface area (Å²) in [7, 11) is -7.12. The van der Waals surface area contributed by atoms with Crippen molar-refractivity contribution in [1.29, 1.82) is 0 Å². The van der Waals surface area contributed by atoms with Crippen LogP contribution in [0.2, 0.25) is 0 Å². The molecule has 1 atom stereocenters. The number of nitrogens with zero attached hydrogens (tertiary/aromatic N) is 3.